The maximum absolute atomic E-state index is 6.82. The minimum absolute atomic E-state index is 0.845. The van der Waals surface area contributed by atoms with Gasteiger partial charge in [0.15, 0.2) is 0 Å². The molecule has 0 atom stereocenters. The van der Waals surface area contributed by atoms with E-state index in [2.05, 4.69) is 158 Å². The first kappa shape index (κ1) is 27.3. The number of benzene rings is 9. The summed E-state index contributed by atoms with van der Waals surface area (Å²) in [5.41, 5.74) is 10.4. The van der Waals surface area contributed by atoms with Crippen molar-refractivity contribution in [2.75, 3.05) is 0 Å². The summed E-state index contributed by atoms with van der Waals surface area (Å²) in [7, 11) is 0. The van der Waals surface area contributed by atoms with E-state index >= 15 is 0 Å². The zero-order chi connectivity index (χ0) is 32.8. The fraction of sp³-hybridized carbons (Fsp3) is 0. The van der Waals surface area contributed by atoms with Gasteiger partial charge in [0.25, 0.3) is 0 Å². The molecule has 9 aromatic carbocycles. The number of rotatable bonds is 3. The van der Waals surface area contributed by atoms with Crippen LogP contribution in [0.25, 0.3) is 110 Å². The Bertz CT molecular complexity index is 3000. The van der Waals surface area contributed by atoms with Gasteiger partial charge in [0.05, 0.1) is 5.56 Å². The van der Waals surface area contributed by atoms with Crippen LogP contribution >= 0.6 is 0 Å². The maximum Gasteiger partial charge on any atom is 0.147 e. The molecular formula is C48H28O2. The van der Waals surface area contributed by atoms with Crippen LogP contribution in [0.5, 0.6) is 0 Å². The molecule has 0 bridgehead atoms. The highest BCUT2D eigenvalue weighted by atomic mass is 16.3. The lowest BCUT2D eigenvalue weighted by Gasteiger charge is -2.20. The Morgan fingerprint density at radius 1 is 0.280 bits per heavy atom. The van der Waals surface area contributed by atoms with E-state index in [1.165, 1.54) is 43.8 Å². The molecule has 0 radical (unpaired) electrons. The number of furan rings is 2. The van der Waals surface area contributed by atoms with E-state index in [9.17, 15) is 0 Å². The monoisotopic (exact) mass is 636 g/mol. The molecule has 0 spiro atoms. The molecule has 2 aromatic heterocycles. The van der Waals surface area contributed by atoms with E-state index in [0.717, 1.165) is 65.8 Å². The summed E-state index contributed by atoms with van der Waals surface area (Å²) in [6.45, 7) is 0. The largest absolute Gasteiger partial charge is 0.455 e. The van der Waals surface area contributed by atoms with Crippen LogP contribution in [0.1, 0.15) is 0 Å². The van der Waals surface area contributed by atoms with E-state index in [0.29, 0.717) is 0 Å². The van der Waals surface area contributed by atoms with Crippen LogP contribution in [-0.2, 0) is 0 Å². The van der Waals surface area contributed by atoms with Crippen molar-refractivity contribution in [2.24, 2.45) is 0 Å². The summed E-state index contributed by atoms with van der Waals surface area (Å²) in [5.74, 6) is 0. The summed E-state index contributed by atoms with van der Waals surface area (Å²) in [6.07, 6.45) is 0. The predicted molar refractivity (Wildman–Crippen MR) is 210 cm³/mol. The highest BCUT2D eigenvalue weighted by Crippen LogP contribution is 2.51. The molecule has 2 heteroatoms. The van der Waals surface area contributed by atoms with E-state index in [-0.39, 0.29) is 0 Å². The van der Waals surface area contributed by atoms with Crippen molar-refractivity contribution in [2.45, 2.75) is 0 Å². The van der Waals surface area contributed by atoms with Crippen LogP contribution in [0.2, 0.25) is 0 Å². The maximum atomic E-state index is 6.82. The molecule has 0 saturated heterocycles. The Kier molecular flexibility index (Phi) is 5.70. The van der Waals surface area contributed by atoms with Crippen LogP contribution in [0.3, 0.4) is 0 Å². The summed E-state index contributed by atoms with van der Waals surface area (Å²) in [5, 5.41) is 11.5. The standard InChI is InChI=1S/C48H28O2/c1-2-14-29(15-3-1)31-26-30-16-4-5-17-32(30)39(27-31)44-35-20-6-8-22-37(35)45(38-23-9-7-21-36(38)44)46-47-40(33-18-10-12-24-42(33)49-47)28-41-34-19-11-13-25-43(34)50-48(41)46/h1-28H. The van der Waals surface area contributed by atoms with Crippen molar-refractivity contribution in [3.05, 3.63) is 170 Å². The average molecular weight is 637 g/mol. The SMILES string of the molecule is c1ccc(-c2cc(-c3c4ccccc4c(-c4c5oc6ccccc6c5cc5c4oc4ccccc45)c4ccccc34)c3ccccc3c2)cc1. The fourth-order valence-electron chi connectivity index (χ4n) is 8.27. The molecule has 50 heavy (non-hydrogen) atoms. The summed E-state index contributed by atoms with van der Waals surface area (Å²) in [4.78, 5) is 0. The van der Waals surface area contributed by atoms with Crippen LogP contribution < -0.4 is 0 Å². The molecule has 0 unspecified atom stereocenters. The lowest BCUT2D eigenvalue weighted by Crippen LogP contribution is -1.93. The van der Waals surface area contributed by atoms with Gasteiger partial charge in [0, 0.05) is 27.1 Å². The molecule has 0 aliphatic heterocycles. The van der Waals surface area contributed by atoms with Crippen molar-refractivity contribution in [3.8, 4) is 33.4 Å². The minimum Gasteiger partial charge on any atom is -0.455 e. The van der Waals surface area contributed by atoms with Crippen molar-refractivity contribution in [1.29, 1.82) is 0 Å². The van der Waals surface area contributed by atoms with Crippen molar-refractivity contribution in [3.63, 3.8) is 0 Å². The van der Waals surface area contributed by atoms with Crippen molar-refractivity contribution < 1.29 is 8.83 Å². The molecule has 0 N–H and O–H groups in total. The van der Waals surface area contributed by atoms with Crippen LogP contribution in [-0.4, -0.2) is 0 Å². The zero-order valence-electron chi connectivity index (χ0n) is 27.0. The lowest BCUT2D eigenvalue weighted by atomic mass is 9.83. The topological polar surface area (TPSA) is 26.3 Å². The molecule has 232 valence electrons. The number of hydrogen-bond acceptors (Lipinski definition) is 2. The Morgan fingerprint density at radius 3 is 1.32 bits per heavy atom. The van der Waals surface area contributed by atoms with Crippen molar-refractivity contribution >= 4 is 76.2 Å². The number of hydrogen-bond donors (Lipinski definition) is 0. The molecule has 2 nitrogen and oxygen atoms in total. The summed E-state index contributed by atoms with van der Waals surface area (Å²) >= 11 is 0. The van der Waals surface area contributed by atoms with Gasteiger partial charge in [-0.2, -0.15) is 0 Å². The van der Waals surface area contributed by atoms with Gasteiger partial charge >= 0.3 is 0 Å². The summed E-state index contributed by atoms with van der Waals surface area (Å²) < 4.78 is 13.6. The van der Waals surface area contributed by atoms with Gasteiger partial charge in [-0.05, 0) is 84.9 Å². The first-order chi connectivity index (χ1) is 24.8. The molecule has 11 aromatic rings. The molecule has 0 fully saturated rings. The third-order valence-corrected chi connectivity index (χ3v) is 10.4. The first-order valence-electron chi connectivity index (χ1n) is 17.1. The number of fused-ring (bicyclic) bond motifs is 9. The summed E-state index contributed by atoms with van der Waals surface area (Å²) in [6, 6.07) is 60.8. The Balaban J connectivity index is 1.34. The van der Waals surface area contributed by atoms with E-state index in [1.54, 1.807) is 0 Å². The predicted octanol–water partition coefficient (Wildman–Crippen LogP) is 13.9. The molecule has 11 rings (SSSR count). The lowest BCUT2D eigenvalue weighted by molar-refractivity contribution is 0.658. The van der Waals surface area contributed by atoms with E-state index < -0.39 is 0 Å². The minimum atomic E-state index is 0.845. The zero-order valence-corrected chi connectivity index (χ0v) is 27.0. The Morgan fingerprint density at radius 2 is 0.740 bits per heavy atom. The van der Waals surface area contributed by atoms with Gasteiger partial charge in [0.1, 0.15) is 22.3 Å². The van der Waals surface area contributed by atoms with Crippen LogP contribution in [0.15, 0.2) is 179 Å². The molecule has 0 amide bonds. The normalized spacial score (nSPS) is 12.0. The Labute approximate surface area is 287 Å². The number of para-hydroxylation sites is 2. The van der Waals surface area contributed by atoms with E-state index in [1.807, 2.05) is 12.1 Å². The second-order valence-electron chi connectivity index (χ2n) is 13.2. The fourth-order valence-corrected chi connectivity index (χ4v) is 8.27. The Hall–Kier alpha value is -6.64. The van der Waals surface area contributed by atoms with Crippen LogP contribution in [0.4, 0.5) is 0 Å². The highest BCUT2D eigenvalue weighted by Gasteiger charge is 2.26. The molecular weight excluding hydrogens is 609 g/mol. The molecule has 2 heterocycles. The average Bonchev–Trinajstić information content (AvgIpc) is 3.74. The quantitative estimate of drug-likeness (QED) is 0.180. The van der Waals surface area contributed by atoms with Gasteiger partial charge < -0.3 is 8.83 Å². The van der Waals surface area contributed by atoms with Crippen LogP contribution in [0, 0.1) is 0 Å². The molecule has 0 aliphatic rings. The second-order valence-corrected chi connectivity index (χ2v) is 13.2. The van der Waals surface area contributed by atoms with Gasteiger partial charge in [-0.1, -0.05) is 140 Å². The van der Waals surface area contributed by atoms with Gasteiger partial charge in [-0.15, -0.1) is 0 Å². The molecule has 0 saturated carbocycles. The third-order valence-electron chi connectivity index (χ3n) is 10.4. The smallest absolute Gasteiger partial charge is 0.147 e. The van der Waals surface area contributed by atoms with Gasteiger partial charge in [-0.25, -0.2) is 0 Å². The first-order valence-corrected chi connectivity index (χ1v) is 17.1. The highest BCUT2D eigenvalue weighted by molar-refractivity contribution is 6.30. The van der Waals surface area contributed by atoms with E-state index in [4.69, 9.17) is 8.83 Å². The third kappa shape index (κ3) is 3.85. The van der Waals surface area contributed by atoms with Gasteiger partial charge in [0.2, 0.25) is 0 Å². The van der Waals surface area contributed by atoms with Crippen molar-refractivity contribution in [1.82, 2.24) is 0 Å². The van der Waals surface area contributed by atoms with Gasteiger partial charge in [-0.3, -0.25) is 0 Å². The molecule has 0 aliphatic carbocycles. The second kappa shape index (κ2) is 10.4.